The molecule has 0 aliphatic heterocycles. The summed E-state index contributed by atoms with van der Waals surface area (Å²) in [6.45, 7) is 0.871. The van der Waals surface area contributed by atoms with Gasteiger partial charge >= 0.3 is 0 Å². The van der Waals surface area contributed by atoms with Crippen LogP contribution in [-0.2, 0) is 32.5 Å². The Hall–Kier alpha value is -6.56. The Labute approximate surface area is 673 Å². The third kappa shape index (κ3) is 31.6. The van der Waals surface area contributed by atoms with Crippen LogP contribution < -0.4 is 9.47 Å². The van der Waals surface area contributed by atoms with Crippen molar-refractivity contribution in [1.29, 1.82) is 0 Å². The van der Waals surface area contributed by atoms with E-state index in [4.69, 9.17) is 172 Å². The number of rotatable bonds is 18. The lowest BCUT2D eigenvalue weighted by Gasteiger charge is -2.08. The number of ether oxygens (including phenoxy) is 2. The standard InChI is InChI=1S/2C15H12Cl2O.C15H12Cl2.C14H12Cl2.2C13H9Cl3O/c16-13-6-1-11(2-7-13)3-10-15(18)12-4-8-14(17)9-5-12;16-13-8-6-11(10-14(13)17)7-9-15(18)12-4-2-1-3-5-12;16-14-10-9-13(11-15(14)17)8-4-7-12-5-2-1-3-6-12;15-13-9-8-12(10-14(13)16)7-6-11-4-2-1-3-5-11;14-10-3-1-9(2-4-10)8-17-11-5-6-12(15)13(16)7-11;14-11-6-9(7-12(15)13(11)16)8-17-10-4-2-1-3-5-10/h2*1-10,15,18H;1-7,9-11H,8H2;1-5,8-10H,6-7H2;2*1-7H,8H2. The van der Waals surface area contributed by atoms with Crippen LogP contribution in [0.15, 0.2) is 297 Å². The summed E-state index contributed by atoms with van der Waals surface area (Å²) in [6.07, 6.45) is 12.9. The molecule has 2 N–H and O–H groups in total. The van der Waals surface area contributed by atoms with Gasteiger partial charge in [-0.3, -0.25) is 0 Å². The number of hydrogen-bond donors (Lipinski definition) is 2. The minimum absolute atomic E-state index is 0.372. The van der Waals surface area contributed by atoms with Crippen molar-refractivity contribution in [1.82, 2.24) is 0 Å². The van der Waals surface area contributed by atoms with Crippen molar-refractivity contribution >= 4 is 181 Å². The molecule has 4 nitrogen and oxygen atoms in total. The van der Waals surface area contributed by atoms with Crippen molar-refractivity contribution < 1.29 is 19.7 Å². The molecule has 0 aliphatic rings. The number of halogens is 14. The summed E-state index contributed by atoms with van der Waals surface area (Å²) in [5, 5.41) is 27.7. The Kier molecular flexibility index (Phi) is 37.2. The van der Waals surface area contributed by atoms with E-state index < -0.39 is 12.2 Å². The van der Waals surface area contributed by atoms with E-state index in [1.54, 1.807) is 78.9 Å². The quantitative estimate of drug-likeness (QED) is 0.0841. The maximum atomic E-state index is 9.97. The molecule has 2 unspecified atom stereocenters. The largest absolute Gasteiger partial charge is 0.489 e. The molecule has 0 saturated heterocycles. The highest BCUT2D eigenvalue weighted by Crippen LogP contribution is 2.33. The average molecular weight is 1650 g/mol. The van der Waals surface area contributed by atoms with E-state index >= 15 is 0 Å². The minimum Gasteiger partial charge on any atom is -0.489 e. The molecular weight excluding hydrogens is 1580 g/mol. The van der Waals surface area contributed by atoms with Gasteiger partial charge in [0.2, 0.25) is 0 Å². The van der Waals surface area contributed by atoms with Gasteiger partial charge in [0, 0.05) is 21.1 Å². The van der Waals surface area contributed by atoms with Gasteiger partial charge in [0.25, 0.3) is 0 Å². The van der Waals surface area contributed by atoms with Crippen molar-refractivity contribution in [2.75, 3.05) is 0 Å². The highest BCUT2D eigenvalue weighted by atomic mass is 35.5. The fourth-order valence-electron chi connectivity index (χ4n) is 9.01. The molecule has 0 heterocycles. The Balaban J connectivity index is 0.000000173. The summed E-state index contributed by atoms with van der Waals surface area (Å²) in [5.41, 5.74) is 10.4. The van der Waals surface area contributed by atoms with Crippen molar-refractivity contribution in [3.63, 3.8) is 0 Å². The summed E-state index contributed by atoms with van der Waals surface area (Å²) >= 11 is 82.2. The molecular formula is C85H66Cl14O4. The number of aliphatic hydroxyl groups excluding tert-OH is 2. The first-order valence-corrected chi connectivity index (χ1v) is 36.9. The Morgan fingerprint density at radius 1 is 0.272 bits per heavy atom. The van der Waals surface area contributed by atoms with E-state index in [-0.39, 0.29) is 0 Å². The number of aryl methyl sites for hydroxylation is 2. The van der Waals surface area contributed by atoms with Crippen molar-refractivity contribution in [3.05, 3.63) is 423 Å². The molecule has 528 valence electrons. The second-order valence-corrected chi connectivity index (χ2v) is 28.0. The summed E-state index contributed by atoms with van der Waals surface area (Å²) in [5.74, 6) is 1.49. The van der Waals surface area contributed by atoms with Crippen LogP contribution in [0.5, 0.6) is 11.5 Å². The van der Waals surface area contributed by atoms with Crippen LogP contribution in [0, 0.1) is 0 Å². The predicted octanol–water partition coefficient (Wildman–Crippen LogP) is 30.0. The van der Waals surface area contributed by atoms with Gasteiger partial charge in [-0.25, -0.2) is 0 Å². The smallest absolute Gasteiger partial charge is 0.121 e. The van der Waals surface area contributed by atoms with Crippen LogP contribution in [0.25, 0.3) is 18.2 Å². The molecule has 0 saturated carbocycles. The maximum absolute atomic E-state index is 9.97. The molecule has 0 aliphatic carbocycles. The molecule has 12 aromatic rings. The molecule has 18 heteroatoms. The molecule has 0 aromatic heterocycles. The third-order valence-corrected chi connectivity index (χ3v) is 19.4. The highest BCUT2D eigenvalue weighted by Gasteiger charge is 2.09. The fraction of sp³-hybridized carbons (Fsp3) is 0.0824. The predicted molar refractivity (Wildman–Crippen MR) is 444 cm³/mol. The summed E-state index contributed by atoms with van der Waals surface area (Å²) < 4.78 is 11.2. The van der Waals surface area contributed by atoms with E-state index in [9.17, 15) is 10.2 Å². The van der Waals surface area contributed by atoms with Gasteiger partial charge in [0.1, 0.15) is 24.7 Å². The van der Waals surface area contributed by atoms with Gasteiger partial charge in [-0.1, -0.05) is 363 Å². The number of aliphatic hydroxyl groups is 2. The first kappa shape index (κ1) is 83.7. The van der Waals surface area contributed by atoms with E-state index in [0.717, 1.165) is 64.0 Å². The zero-order valence-corrected chi connectivity index (χ0v) is 65.3. The lowest BCUT2D eigenvalue weighted by molar-refractivity contribution is 0.229. The SMILES string of the molecule is Clc1cc(COc2ccccc2)cc(Cl)c1Cl.Clc1ccc(CC=Cc2ccccc2)cc1Cl.Clc1ccc(CCc2ccccc2)cc1Cl.Clc1ccc(COc2ccc(Cl)c(Cl)c2)cc1.OC(C=Cc1ccc(Cl)c(Cl)c1)c1ccccc1.OC(C=Cc1ccc(Cl)cc1)c1ccc(Cl)cc1. The zero-order chi connectivity index (χ0) is 73.9. The molecule has 103 heavy (non-hydrogen) atoms. The monoisotopic (exact) mass is 1640 g/mol. The average Bonchev–Trinajstić information content (AvgIpc) is 0.976. The number of benzene rings is 12. The number of para-hydroxylation sites is 1. The van der Waals surface area contributed by atoms with Crippen molar-refractivity contribution in [2.45, 2.75) is 44.7 Å². The normalized spacial score (nSPS) is 11.3. The lowest BCUT2D eigenvalue weighted by atomic mass is 10.0. The fourth-order valence-corrected chi connectivity index (χ4v) is 11.3. The topological polar surface area (TPSA) is 58.9 Å². The Morgan fingerprint density at radius 3 is 1.19 bits per heavy atom. The summed E-state index contributed by atoms with van der Waals surface area (Å²) in [4.78, 5) is 0. The molecule has 2 atom stereocenters. The molecule has 0 radical (unpaired) electrons. The minimum atomic E-state index is -0.641. The van der Waals surface area contributed by atoms with Crippen molar-refractivity contribution in [3.8, 4) is 11.5 Å². The summed E-state index contributed by atoms with van der Waals surface area (Å²) in [6, 6.07) is 87.2. The van der Waals surface area contributed by atoms with Gasteiger partial charge in [-0.2, -0.15) is 0 Å². The highest BCUT2D eigenvalue weighted by molar-refractivity contribution is 6.48. The third-order valence-electron chi connectivity index (χ3n) is 14.5. The lowest BCUT2D eigenvalue weighted by Crippen LogP contribution is -1.95. The van der Waals surface area contributed by atoms with Crippen LogP contribution in [0.4, 0.5) is 0 Å². The van der Waals surface area contributed by atoms with Crippen LogP contribution in [0.1, 0.15) is 67.8 Å². The first-order valence-electron chi connectivity index (χ1n) is 31.6. The summed E-state index contributed by atoms with van der Waals surface area (Å²) in [7, 11) is 0. The second kappa shape index (κ2) is 45.7. The zero-order valence-electron chi connectivity index (χ0n) is 54.7. The second-order valence-electron chi connectivity index (χ2n) is 22.3. The van der Waals surface area contributed by atoms with E-state index in [2.05, 4.69) is 48.6 Å². The molecule has 0 fully saturated rings. The van der Waals surface area contributed by atoms with E-state index in [1.807, 2.05) is 188 Å². The van der Waals surface area contributed by atoms with Crippen LogP contribution in [-0.4, -0.2) is 10.2 Å². The van der Waals surface area contributed by atoms with Crippen LogP contribution in [0.3, 0.4) is 0 Å². The molecule has 0 amide bonds. The number of allylic oxidation sites excluding steroid dienone is 1. The molecule has 12 aromatic carbocycles. The molecule has 0 spiro atoms. The van der Waals surface area contributed by atoms with Gasteiger partial charge in [-0.15, -0.1) is 0 Å². The van der Waals surface area contributed by atoms with E-state index in [1.165, 1.54) is 16.7 Å². The first-order chi connectivity index (χ1) is 49.6. The Morgan fingerprint density at radius 2 is 0.650 bits per heavy atom. The van der Waals surface area contributed by atoms with Crippen LogP contribution >= 0.6 is 162 Å². The van der Waals surface area contributed by atoms with Gasteiger partial charge in [0.05, 0.1) is 67.5 Å². The molecule has 12 rings (SSSR count). The van der Waals surface area contributed by atoms with Gasteiger partial charge in [0.15, 0.2) is 0 Å². The van der Waals surface area contributed by atoms with Gasteiger partial charge < -0.3 is 19.7 Å². The van der Waals surface area contributed by atoms with Crippen molar-refractivity contribution in [2.24, 2.45) is 0 Å². The molecule has 0 bridgehead atoms. The maximum Gasteiger partial charge on any atom is 0.121 e. The van der Waals surface area contributed by atoms with Crippen LogP contribution in [0.2, 0.25) is 70.3 Å². The van der Waals surface area contributed by atoms with Gasteiger partial charge in [-0.05, 0) is 184 Å². The Bertz CT molecular complexity index is 4580. The number of hydrogen-bond acceptors (Lipinski definition) is 4. The van der Waals surface area contributed by atoms with E-state index in [0.29, 0.717) is 89.3 Å².